The largest absolute Gasteiger partial charge is 0.486 e. The third-order valence-electron chi connectivity index (χ3n) is 4.90. The number of carbonyl (C=O) groups excluding carboxylic acids is 1. The molecule has 0 unspecified atom stereocenters. The van der Waals surface area contributed by atoms with E-state index in [1.807, 2.05) is 38.1 Å². The summed E-state index contributed by atoms with van der Waals surface area (Å²) < 4.78 is 38.6. The van der Waals surface area contributed by atoms with Crippen LogP contribution in [0.15, 0.2) is 58.4 Å². The molecule has 2 aliphatic rings. The molecule has 158 valence electrons. The van der Waals surface area contributed by atoms with Crippen LogP contribution in [0.4, 0.5) is 0 Å². The predicted molar refractivity (Wildman–Crippen MR) is 111 cm³/mol. The number of benzene rings is 2. The molecule has 8 nitrogen and oxygen atoms in total. The van der Waals surface area contributed by atoms with Crippen LogP contribution in [0.3, 0.4) is 0 Å². The first-order chi connectivity index (χ1) is 14.3. The van der Waals surface area contributed by atoms with Gasteiger partial charge in [-0.25, -0.2) is 8.42 Å². The molecule has 2 heterocycles. The molecule has 1 amide bonds. The van der Waals surface area contributed by atoms with Crippen molar-refractivity contribution in [1.82, 2.24) is 10.0 Å². The van der Waals surface area contributed by atoms with Gasteiger partial charge in [0.2, 0.25) is 5.91 Å². The number of nitrogens with zero attached hydrogens (tertiary/aromatic N) is 1. The maximum absolute atomic E-state index is 12.8. The molecule has 0 fully saturated rings. The van der Waals surface area contributed by atoms with Crippen LogP contribution in [-0.4, -0.2) is 45.5 Å². The summed E-state index contributed by atoms with van der Waals surface area (Å²) in [6.07, 6.45) is -0.324. The number of amides is 1. The fourth-order valence-electron chi connectivity index (χ4n) is 3.36. The second-order valence-corrected chi connectivity index (χ2v) is 9.16. The van der Waals surface area contributed by atoms with Crippen molar-refractivity contribution in [2.45, 2.75) is 30.9 Å². The summed E-state index contributed by atoms with van der Waals surface area (Å²) in [4.78, 5) is 17.5. The van der Waals surface area contributed by atoms with Gasteiger partial charge in [-0.15, -0.1) is 0 Å². The lowest BCUT2D eigenvalue weighted by Gasteiger charge is -2.27. The van der Waals surface area contributed by atoms with Gasteiger partial charge >= 0.3 is 0 Å². The Morgan fingerprint density at radius 1 is 1.17 bits per heavy atom. The Labute approximate surface area is 175 Å². The van der Waals surface area contributed by atoms with Crippen molar-refractivity contribution in [3.05, 3.63) is 54.1 Å². The number of aliphatic imine (C=N–C) groups is 1. The molecule has 0 saturated heterocycles. The Morgan fingerprint density at radius 2 is 1.87 bits per heavy atom. The smallest absolute Gasteiger partial charge is 0.263 e. The number of nitrogens with one attached hydrogen (secondary N) is 2. The van der Waals surface area contributed by atoms with E-state index < -0.39 is 16.1 Å². The lowest BCUT2D eigenvalue weighted by atomic mass is 10.0. The summed E-state index contributed by atoms with van der Waals surface area (Å²) >= 11 is 0. The molecule has 0 saturated carbocycles. The molecule has 2 N–H and O–H groups in total. The monoisotopic (exact) mass is 429 g/mol. The van der Waals surface area contributed by atoms with Gasteiger partial charge in [-0.05, 0) is 30.2 Å². The van der Waals surface area contributed by atoms with E-state index in [2.05, 4.69) is 15.0 Å². The number of carbonyl (C=O) groups is 1. The van der Waals surface area contributed by atoms with Crippen LogP contribution >= 0.6 is 0 Å². The molecule has 0 bridgehead atoms. The van der Waals surface area contributed by atoms with E-state index in [0.717, 1.165) is 0 Å². The van der Waals surface area contributed by atoms with Gasteiger partial charge in [0.05, 0.1) is 11.4 Å². The molecule has 9 heteroatoms. The van der Waals surface area contributed by atoms with Gasteiger partial charge in [-0.3, -0.25) is 14.5 Å². The second-order valence-electron chi connectivity index (χ2n) is 7.51. The highest BCUT2D eigenvalue weighted by molar-refractivity contribution is 7.90. The first kappa shape index (κ1) is 20.2. The van der Waals surface area contributed by atoms with Crippen LogP contribution in [0, 0.1) is 5.92 Å². The molecule has 30 heavy (non-hydrogen) atoms. The summed E-state index contributed by atoms with van der Waals surface area (Å²) in [5, 5.41) is 2.86. The first-order valence-electron chi connectivity index (χ1n) is 9.71. The van der Waals surface area contributed by atoms with Crippen molar-refractivity contribution in [2.24, 2.45) is 10.9 Å². The number of amidine groups is 1. The van der Waals surface area contributed by atoms with Gasteiger partial charge in [0.1, 0.15) is 24.6 Å². The van der Waals surface area contributed by atoms with Crippen molar-refractivity contribution in [1.29, 1.82) is 0 Å². The van der Waals surface area contributed by atoms with Gasteiger partial charge in [0.25, 0.3) is 10.0 Å². The highest BCUT2D eigenvalue weighted by atomic mass is 32.2. The molecular formula is C21H23N3O5S. The maximum Gasteiger partial charge on any atom is 0.263 e. The molecule has 4 rings (SSSR count). The molecule has 2 aromatic rings. The average Bonchev–Trinajstić information content (AvgIpc) is 3.00. The normalized spacial score (nSPS) is 21.0. The standard InChI is InChI=1S/C21H23N3O5S/c1-13(2)19(23-20-15-7-3-6-10-18(15)30(26,27)24-20)21(25)22-11-14-12-28-16-8-4-5-9-17(16)29-14/h3-10,13-14,19H,11-12H2,1-2H3,(H,22,25)(H,23,24)/t14-,19+/m1/s1. The minimum atomic E-state index is -3.66. The minimum Gasteiger partial charge on any atom is -0.486 e. The number of fused-ring (bicyclic) bond motifs is 2. The topological polar surface area (TPSA) is 106 Å². The lowest BCUT2D eigenvalue weighted by molar-refractivity contribution is -0.123. The number of hydrogen-bond donors (Lipinski definition) is 2. The Hall–Kier alpha value is -3.07. The molecule has 0 aromatic heterocycles. The number of para-hydroxylation sites is 2. The number of sulfonamides is 1. The number of ether oxygens (including phenoxy) is 2. The molecular weight excluding hydrogens is 406 g/mol. The van der Waals surface area contributed by atoms with Crippen LogP contribution < -0.4 is 19.5 Å². The van der Waals surface area contributed by atoms with E-state index in [1.165, 1.54) is 6.07 Å². The summed E-state index contributed by atoms with van der Waals surface area (Å²) in [5.41, 5.74) is 0.469. The van der Waals surface area contributed by atoms with Crippen LogP contribution in [-0.2, 0) is 14.8 Å². The van der Waals surface area contributed by atoms with Crippen LogP contribution in [0.2, 0.25) is 0 Å². The van der Waals surface area contributed by atoms with Crippen molar-refractivity contribution >= 4 is 21.8 Å². The van der Waals surface area contributed by atoms with Gasteiger partial charge < -0.3 is 14.8 Å². The first-order valence-corrected chi connectivity index (χ1v) is 11.2. The SMILES string of the molecule is CC(C)[C@H](N=C1NS(=O)(=O)c2ccccc21)C(=O)NC[C@@H]1COc2ccccc2O1. The predicted octanol–water partition coefficient (Wildman–Crippen LogP) is 1.71. The van der Waals surface area contributed by atoms with Crippen LogP contribution in [0.1, 0.15) is 19.4 Å². The van der Waals surface area contributed by atoms with Gasteiger partial charge in [0.15, 0.2) is 11.5 Å². The van der Waals surface area contributed by atoms with Crippen LogP contribution in [0.25, 0.3) is 0 Å². The van der Waals surface area contributed by atoms with Crippen LogP contribution in [0.5, 0.6) is 11.5 Å². The van der Waals surface area contributed by atoms with E-state index in [1.54, 1.807) is 18.2 Å². The maximum atomic E-state index is 12.8. The molecule has 0 spiro atoms. The highest BCUT2D eigenvalue weighted by Crippen LogP contribution is 2.30. The zero-order chi connectivity index (χ0) is 21.3. The minimum absolute atomic E-state index is 0.140. The van der Waals surface area contributed by atoms with Crippen molar-refractivity contribution < 1.29 is 22.7 Å². The Kier molecular flexibility index (Phi) is 5.38. The average molecular weight is 429 g/mol. The number of hydrogen-bond acceptors (Lipinski definition) is 6. The third-order valence-corrected chi connectivity index (χ3v) is 6.30. The fourth-order valence-corrected chi connectivity index (χ4v) is 4.60. The molecule has 2 atom stereocenters. The van der Waals surface area contributed by atoms with Crippen molar-refractivity contribution in [3.8, 4) is 11.5 Å². The zero-order valence-electron chi connectivity index (χ0n) is 16.7. The third kappa shape index (κ3) is 3.97. The Balaban J connectivity index is 1.47. The quantitative estimate of drug-likeness (QED) is 0.753. The molecule has 0 radical (unpaired) electrons. The van der Waals surface area contributed by atoms with E-state index in [4.69, 9.17) is 9.47 Å². The zero-order valence-corrected chi connectivity index (χ0v) is 17.5. The van der Waals surface area contributed by atoms with Gasteiger partial charge in [-0.2, -0.15) is 0 Å². The molecule has 2 aliphatic heterocycles. The summed E-state index contributed by atoms with van der Waals surface area (Å²) in [6.45, 7) is 4.30. The van der Waals surface area contributed by atoms with E-state index in [-0.39, 0.29) is 35.2 Å². The van der Waals surface area contributed by atoms with E-state index >= 15 is 0 Å². The Morgan fingerprint density at radius 3 is 2.63 bits per heavy atom. The summed E-state index contributed by atoms with van der Waals surface area (Å²) in [5.74, 6) is 1.06. The molecule has 2 aromatic carbocycles. The summed E-state index contributed by atoms with van der Waals surface area (Å²) in [6, 6.07) is 13.2. The van der Waals surface area contributed by atoms with Crippen molar-refractivity contribution in [3.63, 3.8) is 0 Å². The van der Waals surface area contributed by atoms with Crippen molar-refractivity contribution in [2.75, 3.05) is 13.2 Å². The van der Waals surface area contributed by atoms with Gasteiger partial charge in [0, 0.05) is 5.56 Å². The van der Waals surface area contributed by atoms with E-state index in [9.17, 15) is 13.2 Å². The Bertz CT molecular complexity index is 1100. The lowest BCUT2D eigenvalue weighted by Crippen LogP contribution is -2.45. The molecule has 0 aliphatic carbocycles. The summed E-state index contributed by atoms with van der Waals surface area (Å²) in [7, 11) is -3.66. The second kappa shape index (κ2) is 7.98. The number of rotatable bonds is 5. The fraction of sp³-hybridized carbons (Fsp3) is 0.333. The highest BCUT2D eigenvalue weighted by Gasteiger charge is 2.33. The van der Waals surface area contributed by atoms with Gasteiger partial charge in [-0.1, -0.05) is 38.1 Å². The van der Waals surface area contributed by atoms with E-state index in [0.29, 0.717) is 23.7 Å².